The maximum Gasteiger partial charge on any atom is 0.360 e. The monoisotopic (exact) mass is 411 g/mol. The number of carbonyl (C=O) groups excluding carboxylic acids is 2. The first-order valence-electron chi connectivity index (χ1n) is 8.84. The molecule has 0 unspecified atom stereocenters. The Labute approximate surface area is 171 Å². The van der Waals surface area contributed by atoms with Gasteiger partial charge in [-0.1, -0.05) is 35.4 Å². The van der Waals surface area contributed by atoms with Gasteiger partial charge in [-0.15, -0.1) is 0 Å². The number of amides is 1. The number of rotatable bonds is 5. The molecule has 0 aliphatic heterocycles. The van der Waals surface area contributed by atoms with Crippen LogP contribution >= 0.6 is 11.6 Å². The average molecular weight is 412 g/mol. The van der Waals surface area contributed by atoms with Crippen molar-refractivity contribution in [1.29, 1.82) is 0 Å². The molecule has 148 valence electrons. The topological polar surface area (TPSA) is 90.3 Å². The van der Waals surface area contributed by atoms with Crippen LogP contribution in [-0.2, 0) is 4.74 Å². The number of hydrogen-bond acceptors (Lipinski definition) is 5. The molecule has 0 atom stereocenters. The Balaban J connectivity index is 2.04. The molecule has 29 heavy (non-hydrogen) atoms. The second-order valence-corrected chi connectivity index (χ2v) is 6.61. The zero-order chi connectivity index (χ0) is 21.0. The van der Waals surface area contributed by atoms with E-state index in [-0.39, 0.29) is 23.6 Å². The Kier molecular flexibility index (Phi) is 6.09. The van der Waals surface area contributed by atoms with E-state index in [0.717, 1.165) is 16.3 Å². The van der Waals surface area contributed by atoms with E-state index in [4.69, 9.17) is 16.3 Å². The van der Waals surface area contributed by atoms with E-state index in [1.165, 1.54) is 6.07 Å². The van der Waals surface area contributed by atoms with Crippen LogP contribution in [0.1, 0.15) is 33.3 Å². The van der Waals surface area contributed by atoms with E-state index in [1.54, 1.807) is 37.3 Å². The van der Waals surface area contributed by atoms with Crippen LogP contribution in [0.15, 0.2) is 59.4 Å². The van der Waals surface area contributed by atoms with Crippen molar-refractivity contribution in [3.05, 3.63) is 86.8 Å². The summed E-state index contributed by atoms with van der Waals surface area (Å²) >= 11 is 5.92. The summed E-state index contributed by atoms with van der Waals surface area (Å²) in [5, 5.41) is 7.08. The number of hydrogen-bond donors (Lipinski definition) is 1. The van der Waals surface area contributed by atoms with Gasteiger partial charge in [0.2, 0.25) is 0 Å². The first kappa shape index (κ1) is 20.3. The standard InChI is InChI=1S/C21H18ClN3O4/c1-3-29-21(28)19-17(23-20(27)14-5-4-6-15(22)11-14)12-18(26)25(24-19)16-9-7-13(2)8-10-16/h4-12H,3H2,1-2H3,(H,23,27). The Morgan fingerprint density at radius 1 is 1.14 bits per heavy atom. The molecule has 0 bridgehead atoms. The molecule has 8 heteroatoms. The highest BCUT2D eigenvalue weighted by molar-refractivity contribution is 6.31. The van der Waals surface area contributed by atoms with E-state index in [1.807, 2.05) is 19.1 Å². The Morgan fingerprint density at radius 3 is 2.52 bits per heavy atom. The van der Waals surface area contributed by atoms with Crippen LogP contribution in [0.3, 0.4) is 0 Å². The smallest absolute Gasteiger partial charge is 0.360 e. The van der Waals surface area contributed by atoms with Gasteiger partial charge in [0, 0.05) is 16.7 Å². The fraction of sp³-hybridized carbons (Fsp3) is 0.143. The molecule has 0 fully saturated rings. The first-order valence-corrected chi connectivity index (χ1v) is 9.22. The summed E-state index contributed by atoms with van der Waals surface area (Å²) in [7, 11) is 0. The van der Waals surface area contributed by atoms with Crippen molar-refractivity contribution >= 4 is 29.2 Å². The van der Waals surface area contributed by atoms with Crippen LogP contribution < -0.4 is 10.9 Å². The van der Waals surface area contributed by atoms with Crippen molar-refractivity contribution in [2.75, 3.05) is 11.9 Å². The summed E-state index contributed by atoms with van der Waals surface area (Å²) < 4.78 is 6.12. The lowest BCUT2D eigenvalue weighted by atomic mass is 10.2. The molecule has 7 nitrogen and oxygen atoms in total. The van der Waals surface area contributed by atoms with Gasteiger partial charge in [-0.3, -0.25) is 9.59 Å². The fourth-order valence-corrected chi connectivity index (χ4v) is 2.79. The van der Waals surface area contributed by atoms with Crippen molar-refractivity contribution in [3.8, 4) is 5.69 Å². The Morgan fingerprint density at radius 2 is 1.86 bits per heavy atom. The van der Waals surface area contributed by atoms with Crippen molar-refractivity contribution in [3.63, 3.8) is 0 Å². The maximum atomic E-state index is 12.6. The van der Waals surface area contributed by atoms with Crippen LogP contribution in [0.2, 0.25) is 5.02 Å². The molecule has 0 radical (unpaired) electrons. The molecular formula is C21H18ClN3O4. The van der Waals surface area contributed by atoms with E-state index in [2.05, 4.69) is 10.4 Å². The highest BCUT2D eigenvalue weighted by Crippen LogP contribution is 2.17. The molecule has 0 saturated heterocycles. The van der Waals surface area contributed by atoms with E-state index in [9.17, 15) is 14.4 Å². The number of nitrogens with one attached hydrogen (secondary N) is 1. The van der Waals surface area contributed by atoms with E-state index in [0.29, 0.717) is 10.7 Å². The fourth-order valence-electron chi connectivity index (χ4n) is 2.60. The van der Waals surface area contributed by atoms with E-state index >= 15 is 0 Å². The number of ether oxygens (including phenoxy) is 1. The zero-order valence-corrected chi connectivity index (χ0v) is 16.6. The third-order valence-electron chi connectivity index (χ3n) is 4.01. The molecule has 0 saturated carbocycles. The molecule has 1 N–H and O–H groups in total. The predicted octanol–water partition coefficient (Wildman–Crippen LogP) is 3.62. The minimum atomic E-state index is -0.755. The summed E-state index contributed by atoms with van der Waals surface area (Å²) in [6.07, 6.45) is 0. The van der Waals surface area contributed by atoms with Crippen LogP contribution in [0.25, 0.3) is 5.69 Å². The number of aryl methyl sites for hydroxylation is 1. The van der Waals surface area contributed by atoms with Gasteiger partial charge in [-0.25, -0.2) is 4.79 Å². The largest absolute Gasteiger partial charge is 0.461 e. The quantitative estimate of drug-likeness (QED) is 0.647. The summed E-state index contributed by atoms with van der Waals surface area (Å²) in [5.74, 6) is -1.29. The van der Waals surface area contributed by atoms with Gasteiger partial charge in [0.05, 0.1) is 18.0 Å². The van der Waals surface area contributed by atoms with Gasteiger partial charge in [0.25, 0.3) is 11.5 Å². The number of anilines is 1. The molecule has 0 spiro atoms. The lowest BCUT2D eigenvalue weighted by molar-refractivity contribution is 0.0518. The SMILES string of the molecule is CCOC(=O)c1nn(-c2ccc(C)cc2)c(=O)cc1NC(=O)c1cccc(Cl)c1. The number of benzene rings is 2. The molecule has 0 aliphatic rings. The normalized spacial score (nSPS) is 10.4. The molecular weight excluding hydrogens is 394 g/mol. The molecule has 0 aliphatic carbocycles. The predicted molar refractivity (Wildman–Crippen MR) is 110 cm³/mol. The number of esters is 1. The maximum absolute atomic E-state index is 12.6. The first-order chi connectivity index (χ1) is 13.9. The number of carbonyl (C=O) groups is 2. The second kappa shape index (κ2) is 8.70. The van der Waals surface area contributed by atoms with Crippen LogP contribution in [0.5, 0.6) is 0 Å². The number of aromatic nitrogens is 2. The van der Waals surface area contributed by atoms with Gasteiger partial charge in [0.1, 0.15) is 0 Å². The van der Waals surface area contributed by atoms with Crippen LogP contribution in [0.4, 0.5) is 5.69 Å². The highest BCUT2D eigenvalue weighted by Gasteiger charge is 2.20. The van der Waals surface area contributed by atoms with Gasteiger partial charge in [-0.05, 0) is 44.2 Å². The van der Waals surface area contributed by atoms with Gasteiger partial charge >= 0.3 is 5.97 Å². The average Bonchev–Trinajstić information content (AvgIpc) is 2.69. The Bertz CT molecular complexity index is 1120. The summed E-state index contributed by atoms with van der Waals surface area (Å²) in [6, 6.07) is 14.5. The van der Waals surface area contributed by atoms with Gasteiger partial charge in [-0.2, -0.15) is 9.78 Å². The van der Waals surface area contributed by atoms with Crippen LogP contribution in [0, 0.1) is 6.92 Å². The minimum Gasteiger partial charge on any atom is -0.461 e. The molecule has 2 aromatic carbocycles. The number of nitrogens with zero attached hydrogens (tertiary/aromatic N) is 2. The Hall–Kier alpha value is -3.45. The summed E-state index contributed by atoms with van der Waals surface area (Å²) in [6.45, 7) is 3.68. The summed E-state index contributed by atoms with van der Waals surface area (Å²) in [4.78, 5) is 37.6. The zero-order valence-electron chi connectivity index (χ0n) is 15.8. The molecule has 3 aromatic rings. The molecule has 3 rings (SSSR count). The molecule has 1 heterocycles. The highest BCUT2D eigenvalue weighted by atomic mass is 35.5. The van der Waals surface area contributed by atoms with Crippen molar-refractivity contribution in [1.82, 2.24) is 9.78 Å². The molecule has 1 amide bonds. The van der Waals surface area contributed by atoms with Crippen molar-refractivity contribution < 1.29 is 14.3 Å². The van der Waals surface area contributed by atoms with E-state index < -0.39 is 17.4 Å². The van der Waals surface area contributed by atoms with Gasteiger partial charge < -0.3 is 10.1 Å². The van der Waals surface area contributed by atoms with Crippen molar-refractivity contribution in [2.45, 2.75) is 13.8 Å². The third kappa shape index (κ3) is 4.70. The lowest BCUT2D eigenvalue weighted by Crippen LogP contribution is -2.27. The van der Waals surface area contributed by atoms with Crippen molar-refractivity contribution in [2.24, 2.45) is 0 Å². The summed E-state index contributed by atoms with van der Waals surface area (Å²) in [5.41, 5.74) is 1.04. The second-order valence-electron chi connectivity index (χ2n) is 6.18. The minimum absolute atomic E-state index is 0.0400. The lowest BCUT2D eigenvalue weighted by Gasteiger charge is -2.12. The number of halogens is 1. The third-order valence-corrected chi connectivity index (χ3v) is 4.25. The van der Waals surface area contributed by atoms with Crippen LogP contribution in [-0.4, -0.2) is 28.3 Å². The van der Waals surface area contributed by atoms with Gasteiger partial charge in [0.15, 0.2) is 5.69 Å². The molecule has 1 aromatic heterocycles.